The van der Waals surface area contributed by atoms with E-state index in [9.17, 15) is 27.6 Å². The van der Waals surface area contributed by atoms with Gasteiger partial charge < -0.3 is 4.57 Å². The zero-order valence-electron chi connectivity index (χ0n) is 16.9. The van der Waals surface area contributed by atoms with Crippen molar-refractivity contribution in [2.24, 2.45) is 0 Å². The van der Waals surface area contributed by atoms with E-state index in [1.807, 2.05) is 12.1 Å². The first-order valence-corrected chi connectivity index (χ1v) is 10.8. The van der Waals surface area contributed by atoms with Crippen LogP contribution in [-0.2, 0) is 23.3 Å². The summed E-state index contributed by atoms with van der Waals surface area (Å²) in [5.41, 5.74) is 2.77. The van der Waals surface area contributed by atoms with Gasteiger partial charge in [0.05, 0.1) is 0 Å². The van der Waals surface area contributed by atoms with E-state index < -0.39 is 35.7 Å². The highest BCUT2D eigenvalue weighted by atomic mass is 35.5. The summed E-state index contributed by atoms with van der Waals surface area (Å²) in [7, 11) is 0. The maximum atomic E-state index is 12.8. The maximum Gasteiger partial charge on any atom is 0.421 e. The van der Waals surface area contributed by atoms with Crippen LogP contribution in [0.5, 0.6) is 0 Å². The zero-order valence-corrected chi connectivity index (χ0v) is 18.4. The van der Waals surface area contributed by atoms with Crippen molar-refractivity contribution in [3.05, 3.63) is 98.9 Å². The molecule has 0 radical (unpaired) electrons. The Kier molecular flexibility index (Phi) is 7.83. The number of thioether (sulfide) groups is 1. The number of nitrogens with one attached hydrogen (secondary N) is 2. The number of nitrogens with zero attached hydrogens (tertiary/aromatic N) is 1. The van der Waals surface area contributed by atoms with E-state index in [1.165, 1.54) is 0 Å². The summed E-state index contributed by atoms with van der Waals surface area (Å²) < 4.78 is 39.0. The monoisotopic (exact) mass is 495 g/mol. The average molecular weight is 496 g/mol. The van der Waals surface area contributed by atoms with Crippen molar-refractivity contribution in [2.75, 3.05) is 0 Å². The highest BCUT2D eigenvalue weighted by Crippen LogP contribution is 2.26. The molecule has 0 unspecified atom stereocenters. The number of aromatic nitrogens is 1. The van der Waals surface area contributed by atoms with Crippen LogP contribution in [0.2, 0.25) is 5.02 Å². The lowest BCUT2D eigenvalue weighted by atomic mass is 10.1. The Bertz CT molecular complexity index is 1200. The Morgan fingerprint density at radius 3 is 2.27 bits per heavy atom. The molecule has 11 heteroatoms. The smallest absolute Gasteiger partial charge is 0.306 e. The van der Waals surface area contributed by atoms with Crippen molar-refractivity contribution in [1.29, 1.82) is 0 Å². The molecule has 172 valence electrons. The summed E-state index contributed by atoms with van der Waals surface area (Å²) in [6.07, 6.45) is -3.77. The molecule has 2 aromatic carbocycles. The molecule has 2 N–H and O–H groups in total. The summed E-state index contributed by atoms with van der Waals surface area (Å²) in [6.45, 7) is -0.691. The van der Waals surface area contributed by atoms with Gasteiger partial charge in [-0.05, 0) is 54.1 Å². The summed E-state index contributed by atoms with van der Waals surface area (Å²) in [5.74, 6) is -0.802. The Morgan fingerprint density at radius 2 is 1.64 bits per heavy atom. The standard InChI is InChI=1S/C22H17ClF3N3O3S/c23-16-7-9-17(10-8-16)33-13-14-3-5-15(6-4-14)20(31)28-27-19(30)12-29-11-1-2-18(21(29)32)22(24,25)26/h1-11H,12-13H2,(H,27,30)(H,28,31). The number of carbonyl (C=O) groups excluding carboxylic acids is 2. The van der Waals surface area contributed by atoms with Crippen molar-refractivity contribution in [3.8, 4) is 0 Å². The molecule has 6 nitrogen and oxygen atoms in total. The first-order chi connectivity index (χ1) is 15.6. The molecule has 1 heterocycles. The number of halogens is 4. The van der Waals surface area contributed by atoms with Gasteiger partial charge in [-0.3, -0.25) is 25.2 Å². The second-order valence-electron chi connectivity index (χ2n) is 6.79. The summed E-state index contributed by atoms with van der Waals surface area (Å²) in [5, 5.41) is 0.656. The molecule has 3 aromatic rings. The third kappa shape index (κ3) is 6.87. The number of hydrogen-bond donors (Lipinski definition) is 2. The Labute approximate surface area is 195 Å². The van der Waals surface area contributed by atoms with E-state index in [0.717, 1.165) is 22.7 Å². The van der Waals surface area contributed by atoms with Crippen molar-refractivity contribution in [1.82, 2.24) is 15.4 Å². The van der Waals surface area contributed by atoms with Gasteiger partial charge >= 0.3 is 6.18 Å². The first-order valence-electron chi connectivity index (χ1n) is 9.46. The first kappa shape index (κ1) is 24.4. The average Bonchev–Trinajstić information content (AvgIpc) is 2.78. The number of rotatable bonds is 6. The Hall–Kier alpha value is -3.24. The molecule has 0 saturated carbocycles. The third-order valence-electron chi connectivity index (χ3n) is 4.39. The summed E-state index contributed by atoms with van der Waals surface area (Å²) in [6, 6.07) is 15.8. The second kappa shape index (κ2) is 10.6. The number of alkyl halides is 3. The predicted molar refractivity (Wildman–Crippen MR) is 119 cm³/mol. The van der Waals surface area contributed by atoms with Crippen LogP contribution in [0.25, 0.3) is 0 Å². The van der Waals surface area contributed by atoms with E-state index in [2.05, 4.69) is 10.9 Å². The minimum atomic E-state index is -4.83. The van der Waals surface area contributed by atoms with Gasteiger partial charge in [0.2, 0.25) is 0 Å². The summed E-state index contributed by atoms with van der Waals surface area (Å²) in [4.78, 5) is 37.1. The Morgan fingerprint density at radius 1 is 0.970 bits per heavy atom. The molecule has 0 aliphatic carbocycles. The van der Waals surface area contributed by atoms with Crippen molar-refractivity contribution in [3.63, 3.8) is 0 Å². The van der Waals surface area contributed by atoms with Gasteiger partial charge in [0, 0.05) is 27.4 Å². The van der Waals surface area contributed by atoms with Crippen LogP contribution in [0.15, 0.2) is 76.6 Å². The summed E-state index contributed by atoms with van der Waals surface area (Å²) >= 11 is 7.46. The van der Waals surface area contributed by atoms with E-state index in [1.54, 1.807) is 48.2 Å². The highest BCUT2D eigenvalue weighted by Gasteiger charge is 2.34. The molecule has 1 aromatic heterocycles. The number of benzene rings is 2. The van der Waals surface area contributed by atoms with Crippen molar-refractivity contribution < 1.29 is 22.8 Å². The van der Waals surface area contributed by atoms with Gasteiger partial charge in [0.1, 0.15) is 12.1 Å². The van der Waals surface area contributed by atoms with Crippen LogP contribution < -0.4 is 16.4 Å². The van der Waals surface area contributed by atoms with E-state index in [-0.39, 0.29) is 5.56 Å². The molecule has 33 heavy (non-hydrogen) atoms. The van der Waals surface area contributed by atoms with Crippen molar-refractivity contribution in [2.45, 2.75) is 23.4 Å². The van der Waals surface area contributed by atoms with Gasteiger partial charge in [-0.15, -0.1) is 11.8 Å². The van der Waals surface area contributed by atoms with E-state index >= 15 is 0 Å². The van der Waals surface area contributed by atoms with Crippen LogP contribution in [0.1, 0.15) is 21.5 Å². The van der Waals surface area contributed by atoms with Crippen LogP contribution in [0.3, 0.4) is 0 Å². The van der Waals surface area contributed by atoms with Crippen LogP contribution in [0, 0.1) is 0 Å². The maximum absolute atomic E-state index is 12.8. The number of hydrazine groups is 1. The lowest BCUT2D eigenvalue weighted by Gasteiger charge is -2.11. The Balaban J connectivity index is 1.52. The highest BCUT2D eigenvalue weighted by molar-refractivity contribution is 7.98. The topological polar surface area (TPSA) is 80.2 Å². The molecule has 0 atom stereocenters. The van der Waals surface area contributed by atoms with Crippen LogP contribution in [0.4, 0.5) is 13.2 Å². The van der Waals surface area contributed by atoms with Gasteiger partial charge in [-0.25, -0.2) is 0 Å². The lowest BCUT2D eigenvalue weighted by Crippen LogP contribution is -2.44. The molecule has 0 fully saturated rings. The number of hydrogen-bond acceptors (Lipinski definition) is 4. The van der Waals surface area contributed by atoms with Gasteiger partial charge in [0.15, 0.2) is 0 Å². The number of amides is 2. The fraction of sp³-hybridized carbons (Fsp3) is 0.136. The quantitative estimate of drug-likeness (QED) is 0.395. The molecule has 0 saturated heterocycles. The van der Waals surface area contributed by atoms with Crippen molar-refractivity contribution >= 4 is 35.2 Å². The largest absolute Gasteiger partial charge is 0.421 e. The molecule has 0 bridgehead atoms. The van der Waals surface area contributed by atoms with E-state index in [0.29, 0.717) is 21.4 Å². The lowest BCUT2D eigenvalue weighted by molar-refractivity contribution is -0.139. The third-order valence-corrected chi connectivity index (χ3v) is 5.73. The number of carbonyl (C=O) groups is 2. The molecule has 0 spiro atoms. The number of pyridine rings is 1. The molecule has 3 rings (SSSR count). The van der Waals surface area contributed by atoms with E-state index in [4.69, 9.17) is 11.6 Å². The van der Waals surface area contributed by atoms with Crippen LogP contribution >= 0.6 is 23.4 Å². The SMILES string of the molecule is O=C(Cn1cccc(C(F)(F)F)c1=O)NNC(=O)c1ccc(CSc2ccc(Cl)cc2)cc1. The zero-order chi connectivity index (χ0) is 24.0. The van der Waals surface area contributed by atoms with Gasteiger partial charge in [0.25, 0.3) is 17.4 Å². The second-order valence-corrected chi connectivity index (χ2v) is 8.28. The minimum Gasteiger partial charge on any atom is -0.306 e. The fourth-order valence-electron chi connectivity index (χ4n) is 2.72. The molecular weight excluding hydrogens is 479 g/mol. The minimum absolute atomic E-state index is 0.270. The van der Waals surface area contributed by atoms with Gasteiger partial charge in [-0.2, -0.15) is 13.2 Å². The molecule has 0 aliphatic rings. The normalized spacial score (nSPS) is 11.2. The molecule has 2 amide bonds. The van der Waals surface area contributed by atoms with Gasteiger partial charge in [-0.1, -0.05) is 23.7 Å². The molecular formula is C22H17ClF3N3O3S. The predicted octanol–water partition coefficient (Wildman–Crippen LogP) is 4.27. The fourth-order valence-corrected chi connectivity index (χ4v) is 3.70. The molecule has 0 aliphatic heterocycles. The van der Waals surface area contributed by atoms with Crippen LogP contribution in [-0.4, -0.2) is 16.4 Å².